The number of unbranched alkanes of at least 4 members (excludes halogenated alkanes) is 5. The van der Waals surface area contributed by atoms with Crippen LogP contribution in [0.2, 0.25) is 0 Å². The number of carbonyl (C=O) groups excluding carboxylic acids is 2. The van der Waals surface area contributed by atoms with Crippen molar-refractivity contribution in [3.05, 3.63) is 70.3 Å². The summed E-state index contributed by atoms with van der Waals surface area (Å²) in [4.78, 5) is 26.8. The summed E-state index contributed by atoms with van der Waals surface area (Å²) in [6.45, 7) is 13.0. The Morgan fingerprint density at radius 3 is 1.94 bits per heavy atom. The van der Waals surface area contributed by atoms with E-state index in [9.17, 15) is 9.59 Å². The maximum atomic E-state index is 13.7. The van der Waals surface area contributed by atoms with Crippen molar-refractivity contribution in [2.75, 3.05) is 6.61 Å². The van der Waals surface area contributed by atoms with Gasteiger partial charge >= 0.3 is 15.1 Å². The number of benzene rings is 2. The van der Waals surface area contributed by atoms with Crippen molar-refractivity contribution in [1.29, 1.82) is 0 Å². The molecule has 0 radical (unpaired) electrons. The van der Waals surface area contributed by atoms with E-state index in [0.29, 0.717) is 17.7 Å². The van der Waals surface area contributed by atoms with Gasteiger partial charge in [0.2, 0.25) is 0 Å². The lowest BCUT2D eigenvalue weighted by molar-refractivity contribution is -0.144. The monoisotopic (exact) mass is 485 g/mol. The summed E-state index contributed by atoms with van der Waals surface area (Å²) in [6.07, 6.45) is 6.72. The molecular weight excluding hydrogens is 443 g/mol. The van der Waals surface area contributed by atoms with Gasteiger partial charge in [-0.1, -0.05) is 107 Å². The van der Waals surface area contributed by atoms with E-state index in [4.69, 9.17) is 9.30 Å². The zero-order chi connectivity index (χ0) is 25.7. The fraction of sp³-hybridized carbons (Fsp3) is 0.517. The number of hydrogen-bond donors (Lipinski definition) is 0. The van der Waals surface area contributed by atoms with Crippen molar-refractivity contribution < 1.29 is 18.9 Å². The van der Waals surface area contributed by atoms with Crippen LogP contribution in [-0.2, 0) is 19.5 Å². The highest BCUT2D eigenvalue weighted by Crippen LogP contribution is 2.31. The number of hydrogen-bond acceptors (Lipinski definition) is 4. The van der Waals surface area contributed by atoms with Crippen LogP contribution in [0.4, 0.5) is 0 Å². The summed E-state index contributed by atoms with van der Waals surface area (Å²) < 4.78 is 13.8. The first kappa shape index (κ1) is 29.7. The zero-order valence-electron chi connectivity index (χ0n) is 21.8. The van der Waals surface area contributed by atoms with Crippen LogP contribution in [0.15, 0.2) is 42.5 Å². The maximum absolute atomic E-state index is 13.7. The predicted octanol–water partition coefficient (Wildman–Crippen LogP) is 7.68. The molecular formula is C29H42O4P+. The normalized spacial score (nSPS) is 11.8. The summed E-state index contributed by atoms with van der Waals surface area (Å²) in [6, 6.07) is 13.4. The highest BCUT2D eigenvalue weighted by molar-refractivity contribution is 7.00. The Kier molecular flexibility index (Phi) is 13.0. The highest BCUT2D eigenvalue weighted by Gasteiger charge is 2.33. The average Bonchev–Trinajstić information content (AvgIpc) is 2.79. The third-order valence-corrected chi connectivity index (χ3v) is 6.02. The number of rotatable bonds is 11. The second-order valence-corrected chi connectivity index (χ2v) is 9.88. The Morgan fingerprint density at radius 2 is 1.41 bits per heavy atom. The largest absolute Gasteiger partial charge is 0.465 e. The second kappa shape index (κ2) is 14.8. The Balaban J connectivity index is 0.00000281. The molecule has 2 rings (SSSR count). The van der Waals surface area contributed by atoms with E-state index in [1.807, 2.05) is 44.2 Å². The van der Waals surface area contributed by atoms with Gasteiger partial charge in [-0.15, -0.1) is 0 Å². The quantitative estimate of drug-likeness (QED) is 0.108. The van der Waals surface area contributed by atoms with Gasteiger partial charge in [0.1, 0.15) is 5.92 Å². The van der Waals surface area contributed by atoms with Crippen LogP contribution < -0.4 is 0 Å². The lowest BCUT2D eigenvalue weighted by atomic mass is 9.81. The Labute approximate surface area is 208 Å². The maximum Gasteiger partial charge on any atom is 0.321 e. The van der Waals surface area contributed by atoms with Gasteiger partial charge in [0.05, 0.1) is 6.61 Å². The number of carbonyl (C=O) groups is 2. The van der Waals surface area contributed by atoms with Crippen LogP contribution in [-0.4, -0.2) is 18.4 Å². The van der Waals surface area contributed by atoms with E-state index in [1.54, 1.807) is 0 Å². The van der Waals surface area contributed by atoms with Crippen LogP contribution in [0.25, 0.3) is 0 Å². The molecule has 4 nitrogen and oxygen atoms in total. The molecule has 5 heteroatoms. The summed E-state index contributed by atoms with van der Waals surface area (Å²) in [7, 11) is 1.17. The SMILES string of the molecule is CCCCCCCCOC(=O)C(C(=O)c1c(C)cc(C(C)(C)C)cc1C)c1ccccc1.O=[PH2+]. The molecule has 0 bridgehead atoms. The molecule has 34 heavy (non-hydrogen) atoms. The minimum absolute atomic E-state index is 0.00795. The molecule has 0 aliphatic heterocycles. The average molecular weight is 486 g/mol. The molecule has 2 aromatic carbocycles. The first-order valence-corrected chi connectivity index (χ1v) is 12.7. The molecule has 2 unspecified atom stereocenters. The van der Waals surface area contributed by atoms with Gasteiger partial charge in [0.15, 0.2) is 5.78 Å². The molecule has 0 aliphatic carbocycles. The Morgan fingerprint density at radius 1 is 0.882 bits per heavy atom. The van der Waals surface area contributed by atoms with Crippen molar-refractivity contribution in [1.82, 2.24) is 0 Å². The van der Waals surface area contributed by atoms with E-state index in [1.165, 1.54) is 33.9 Å². The Hall–Kier alpha value is -2.32. The molecule has 0 fully saturated rings. The minimum Gasteiger partial charge on any atom is -0.465 e. The van der Waals surface area contributed by atoms with Crippen molar-refractivity contribution in [2.45, 2.75) is 91.4 Å². The first-order chi connectivity index (χ1) is 16.2. The lowest BCUT2D eigenvalue weighted by Gasteiger charge is -2.23. The van der Waals surface area contributed by atoms with Crippen molar-refractivity contribution in [3.8, 4) is 0 Å². The number of ether oxygens (including phenoxy) is 1. The third-order valence-electron chi connectivity index (χ3n) is 6.02. The molecule has 2 aromatic rings. The van der Waals surface area contributed by atoms with E-state index < -0.39 is 11.9 Å². The van der Waals surface area contributed by atoms with Crippen LogP contribution in [0, 0.1) is 13.8 Å². The highest BCUT2D eigenvalue weighted by atomic mass is 31.0. The van der Waals surface area contributed by atoms with Gasteiger partial charge in [-0.3, -0.25) is 9.59 Å². The minimum atomic E-state index is -0.936. The zero-order valence-corrected chi connectivity index (χ0v) is 22.9. The lowest BCUT2D eigenvalue weighted by Crippen LogP contribution is -2.26. The van der Waals surface area contributed by atoms with Gasteiger partial charge in [0.25, 0.3) is 0 Å². The van der Waals surface area contributed by atoms with Gasteiger partial charge in [-0.25, -0.2) is 0 Å². The molecule has 2 atom stereocenters. The molecule has 0 saturated heterocycles. The fourth-order valence-electron chi connectivity index (χ4n) is 4.11. The number of ketones is 1. The summed E-state index contributed by atoms with van der Waals surface area (Å²) in [5.41, 5.74) is 4.30. The van der Waals surface area contributed by atoms with Gasteiger partial charge in [-0.05, 0) is 47.9 Å². The number of esters is 1. The second-order valence-electron chi connectivity index (χ2n) is 9.88. The fourth-order valence-corrected chi connectivity index (χ4v) is 4.11. The van der Waals surface area contributed by atoms with Crippen LogP contribution in [0.5, 0.6) is 0 Å². The van der Waals surface area contributed by atoms with Crippen molar-refractivity contribution in [3.63, 3.8) is 0 Å². The van der Waals surface area contributed by atoms with E-state index in [-0.39, 0.29) is 11.2 Å². The van der Waals surface area contributed by atoms with E-state index >= 15 is 0 Å². The molecule has 0 heterocycles. The first-order valence-electron chi connectivity index (χ1n) is 12.3. The Bertz CT molecular complexity index is 892. The predicted molar refractivity (Wildman–Crippen MR) is 143 cm³/mol. The third kappa shape index (κ3) is 8.80. The standard InChI is InChI=1S/C29H40O3.H2OP/c1-7-8-9-10-11-15-18-32-28(31)26(23-16-13-12-14-17-23)27(30)25-21(2)19-24(20-22(25)3)29(4,5)6;1-2/h12-14,16-17,19-20,26H,7-11,15,18H2,1-6H3;2H2/q;+1. The van der Waals surface area contributed by atoms with Crippen molar-refractivity contribution >= 4 is 20.9 Å². The summed E-state index contributed by atoms with van der Waals surface area (Å²) >= 11 is 0. The molecule has 0 amide bonds. The molecule has 186 valence electrons. The van der Waals surface area contributed by atoms with Crippen LogP contribution in [0.3, 0.4) is 0 Å². The molecule has 0 aliphatic rings. The van der Waals surface area contributed by atoms with E-state index in [2.05, 4.69) is 39.8 Å². The molecule has 0 aromatic heterocycles. The van der Waals surface area contributed by atoms with Crippen molar-refractivity contribution in [2.24, 2.45) is 0 Å². The van der Waals surface area contributed by atoms with Crippen LogP contribution in [0.1, 0.15) is 105 Å². The van der Waals surface area contributed by atoms with Gasteiger partial charge < -0.3 is 4.74 Å². The summed E-state index contributed by atoms with van der Waals surface area (Å²) in [5, 5.41) is 0. The number of Topliss-reactive ketones (excluding diaryl/α,β-unsaturated/α-hetero) is 1. The van der Waals surface area contributed by atoms with Gasteiger partial charge in [0, 0.05) is 5.56 Å². The molecule has 0 N–H and O–H groups in total. The topological polar surface area (TPSA) is 60.4 Å². The summed E-state index contributed by atoms with van der Waals surface area (Å²) in [5.74, 6) is -1.57. The van der Waals surface area contributed by atoms with E-state index in [0.717, 1.165) is 30.4 Å². The number of aryl methyl sites for hydroxylation is 2. The van der Waals surface area contributed by atoms with Gasteiger partial charge in [-0.2, -0.15) is 0 Å². The van der Waals surface area contributed by atoms with Crippen LogP contribution >= 0.6 is 9.12 Å². The molecule has 0 saturated carbocycles. The smallest absolute Gasteiger partial charge is 0.321 e. The molecule has 0 spiro atoms.